The summed E-state index contributed by atoms with van der Waals surface area (Å²) in [6.07, 6.45) is 2.52. The minimum atomic E-state index is -0.0175. The van der Waals surface area contributed by atoms with Crippen molar-refractivity contribution in [2.24, 2.45) is 0 Å². The molecule has 8 nitrogen and oxygen atoms in total. The lowest BCUT2D eigenvalue weighted by atomic mass is 10.1. The first-order valence-electron chi connectivity index (χ1n) is 10.3. The third kappa shape index (κ3) is 3.04. The molecule has 1 saturated heterocycles. The molecule has 4 aromatic rings. The van der Waals surface area contributed by atoms with Gasteiger partial charge < -0.3 is 9.80 Å². The highest BCUT2D eigenvalue weighted by molar-refractivity contribution is 6.05. The topological polar surface area (TPSA) is 79.5 Å². The summed E-state index contributed by atoms with van der Waals surface area (Å²) >= 11 is 0. The van der Waals surface area contributed by atoms with E-state index in [0.717, 1.165) is 34.5 Å². The minimum Gasteiger partial charge on any atom is -0.353 e. The fourth-order valence-corrected chi connectivity index (χ4v) is 4.10. The molecule has 1 fully saturated rings. The molecule has 5 rings (SSSR count). The number of pyridine rings is 1. The molecule has 0 aliphatic carbocycles. The summed E-state index contributed by atoms with van der Waals surface area (Å²) in [4.78, 5) is 26.3. The van der Waals surface area contributed by atoms with Crippen LogP contribution >= 0.6 is 0 Å². The Morgan fingerprint density at radius 2 is 1.87 bits per heavy atom. The van der Waals surface area contributed by atoms with Crippen LogP contribution in [0.3, 0.4) is 0 Å². The van der Waals surface area contributed by atoms with E-state index in [1.807, 2.05) is 46.6 Å². The molecule has 30 heavy (non-hydrogen) atoms. The van der Waals surface area contributed by atoms with Gasteiger partial charge in [-0.2, -0.15) is 4.98 Å². The maximum atomic E-state index is 13.1. The normalized spacial score (nSPS) is 14.6. The Hall–Kier alpha value is -3.55. The molecule has 1 amide bonds. The summed E-state index contributed by atoms with van der Waals surface area (Å²) in [6.45, 7) is 6.80. The van der Waals surface area contributed by atoms with Crippen LogP contribution in [0.15, 0.2) is 42.6 Å². The average Bonchev–Trinajstić information content (AvgIpc) is 3.22. The maximum absolute atomic E-state index is 13.1. The van der Waals surface area contributed by atoms with E-state index in [2.05, 4.69) is 33.1 Å². The quantitative estimate of drug-likeness (QED) is 0.525. The molecular formula is C22H23N7O. The highest BCUT2D eigenvalue weighted by Gasteiger charge is 2.25. The highest BCUT2D eigenvalue weighted by atomic mass is 16.2. The molecule has 1 aliphatic rings. The number of nitrogens with zero attached hydrogens (tertiary/aromatic N) is 7. The Balaban J connectivity index is 1.35. The van der Waals surface area contributed by atoms with Gasteiger partial charge in [0.05, 0.1) is 0 Å². The van der Waals surface area contributed by atoms with E-state index < -0.39 is 0 Å². The molecule has 8 heteroatoms. The molecule has 4 heterocycles. The van der Waals surface area contributed by atoms with Gasteiger partial charge in [0, 0.05) is 55.9 Å². The van der Waals surface area contributed by atoms with Gasteiger partial charge in [-0.25, -0.2) is 0 Å². The van der Waals surface area contributed by atoms with Crippen molar-refractivity contribution in [3.8, 4) is 0 Å². The smallest absolute Gasteiger partial charge is 0.273 e. The second-order valence-electron chi connectivity index (χ2n) is 7.52. The molecule has 0 atom stereocenters. The number of fused-ring (bicyclic) bond motifs is 2. The summed E-state index contributed by atoms with van der Waals surface area (Å²) in [6, 6.07) is 11.9. The molecule has 0 bridgehead atoms. The lowest BCUT2D eigenvalue weighted by Crippen LogP contribution is -2.49. The van der Waals surface area contributed by atoms with Crippen molar-refractivity contribution >= 4 is 28.3 Å². The van der Waals surface area contributed by atoms with E-state index in [1.54, 1.807) is 6.20 Å². The van der Waals surface area contributed by atoms with Crippen LogP contribution in [-0.4, -0.2) is 61.6 Å². The van der Waals surface area contributed by atoms with Gasteiger partial charge in [0.15, 0.2) is 0 Å². The Labute approximate surface area is 174 Å². The van der Waals surface area contributed by atoms with E-state index in [1.165, 1.54) is 0 Å². The summed E-state index contributed by atoms with van der Waals surface area (Å²) in [7, 11) is 0. The number of aromatic nitrogens is 5. The summed E-state index contributed by atoms with van der Waals surface area (Å²) in [5.41, 5.74) is 1.59. The van der Waals surface area contributed by atoms with Crippen molar-refractivity contribution in [2.75, 3.05) is 31.1 Å². The predicted molar refractivity (Wildman–Crippen MR) is 115 cm³/mol. The summed E-state index contributed by atoms with van der Waals surface area (Å²) in [5.74, 6) is 2.40. The summed E-state index contributed by atoms with van der Waals surface area (Å²) < 4.78 is 2.00. The van der Waals surface area contributed by atoms with Crippen molar-refractivity contribution in [2.45, 2.75) is 20.3 Å². The SMILES string of the molecule is CCc1nnc2nc(N3CCN(C(=O)c4nccc5ccccc45)CC3)cc(C)n12. The zero-order valence-corrected chi connectivity index (χ0v) is 17.1. The molecule has 0 unspecified atom stereocenters. The number of benzene rings is 1. The van der Waals surface area contributed by atoms with Crippen molar-refractivity contribution in [3.05, 3.63) is 59.8 Å². The Bertz CT molecular complexity index is 1240. The van der Waals surface area contributed by atoms with E-state index in [-0.39, 0.29) is 5.91 Å². The number of carbonyl (C=O) groups excluding carboxylic acids is 1. The molecule has 0 spiro atoms. The van der Waals surface area contributed by atoms with Gasteiger partial charge in [0.1, 0.15) is 17.3 Å². The largest absolute Gasteiger partial charge is 0.353 e. The zero-order chi connectivity index (χ0) is 20.7. The van der Waals surface area contributed by atoms with Gasteiger partial charge in [-0.1, -0.05) is 31.2 Å². The third-order valence-corrected chi connectivity index (χ3v) is 5.70. The van der Waals surface area contributed by atoms with E-state index in [9.17, 15) is 4.79 Å². The zero-order valence-electron chi connectivity index (χ0n) is 17.1. The molecule has 3 aromatic heterocycles. The lowest BCUT2D eigenvalue weighted by Gasteiger charge is -2.35. The number of hydrogen-bond acceptors (Lipinski definition) is 6. The average molecular weight is 401 g/mol. The van der Waals surface area contributed by atoms with Crippen LogP contribution in [0.25, 0.3) is 16.6 Å². The highest BCUT2D eigenvalue weighted by Crippen LogP contribution is 2.21. The molecule has 152 valence electrons. The van der Waals surface area contributed by atoms with Crippen LogP contribution in [0.1, 0.15) is 28.9 Å². The molecule has 1 aliphatic heterocycles. The van der Waals surface area contributed by atoms with Gasteiger partial charge in [-0.3, -0.25) is 14.2 Å². The number of aryl methyl sites for hydroxylation is 2. The van der Waals surface area contributed by atoms with Crippen molar-refractivity contribution < 1.29 is 4.79 Å². The standard InChI is InChI=1S/C22H23N7O/c1-3-18-25-26-22-24-19(14-15(2)29(18)22)27-10-12-28(13-11-27)21(30)20-17-7-5-4-6-16(17)8-9-23-20/h4-9,14H,3,10-13H2,1-2H3. The fourth-order valence-electron chi connectivity index (χ4n) is 4.10. The number of hydrogen-bond donors (Lipinski definition) is 0. The van der Waals surface area contributed by atoms with Crippen molar-refractivity contribution in [1.29, 1.82) is 0 Å². The van der Waals surface area contributed by atoms with Crippen molar-refractivity contribution in [1.82, 2.24) is 29.5 Å². The second kappa shape index (κ2) is 7.37. The van der Waals surface area contributed by atoms with Gasteiger partial charge in [-0.15, -0.1) is 10.2 Å². The number of rotatable bonds is 3. The van der Waals surface area contributed by atoms with E-state index in [4.69, 9.17) is 4.98 Å². The van der Waals surface area contributed by atoms with Crippen molar-refractivity contribution in [3.63, 3.8) is 0 Å². The number of amides is 1. The van der Waals surface area contributed by atoms with Crippen LogP contribution in [0.5, 0.6) is 0 Å². The third-order valence-electron chi connectivity index (χ3n) is 5.70. The van der Waals surface area contributed by atoms with Crippen LogP contribution in [0.4, 0.5) is 5.82 Å². The van der Waals surface area contributed by atoms with Gasteiger partial charge in [0.25, 0.3) is 11.7 Å². The van der Waals surface area contributed by atoms with Crippen LogP contribution in [0, 0.1) is 6.92 Å². The number of anilines is 1. The first-order valence-corrected chi connectivity index (χ1v) is 10.3. The molecule has 0 saturated carbocycles. The van der Waals surface area contributed by atoms with Crippen LogP contribution in [-0.2, 0) is 6.42 Å². The van der Waals surface area contributed by atoms with E-state index >= 15 is 0 Å². The fraction of sp³-hybridized carbons (Fsp3) is 0.318. The predicted octanol–water partition coefficient (Wildman–Crippen LogP) is 2.51. The Morgan fingerprint density at radius 1 is 1.07 bits per heavy atom. The lowest BCUT2D eigenvalue weighted by molar-refractivity contribution is 0.0743. The minimum absolute atomic E-state index is 0.0175. The van der Waals surface area contributed by atoms with Gasteiger partial charge in [-0.05, 0) is 18.4 Å². The second-order valence-corrected chi connectivity index (χ2v) is 7.52. The molecule has 0 radical (unpaired) electrons. The molecule has 0 N–H and O–H groups in total. The van der Waals surface area contributed by atoms with E-state index in [0.29, 0.717) is 37.7 Å². The Morgan fingerprint density at radius 3 is 2.67 bits per heavy atom. The molecular weight excluding hydrogens is 378 g/mol. The number of carbonyl (C=O) groups is 1. The maximum Gasteiger partial charge on any atom is 0.273 e. The van der Waals surface area contributed by atoms with Gasteiger partial charge in [0.2, 0.25) is 0 Å². The number of piperazine rings is 1. The van der Waals surface area contributed by atoms with Gasteiger partial charge >= 0.3 is 0 Å². The monoisotopic (exact) mass is 401 g/mol. The van der Waals surface area contributed by atoms with Crippen LogP contribution in [0.2, 0.25) is 0 Å². The first kappa shape index (κ1) is 18.5. The first-order chi connectivity index (χ1) is 14.7. The van der Waals surface area contributed by atoms with Crippen LogP contribution < -0.4 is 4.90 Å². The Kier molecular flexibility index (Phi) is 4.54. The summed E-state index contributed by atoms with van der Waals surface area (Å²) in [5, 5.41) is 10.4. The molecule has 1 aromatic carbocycles.